The molecule has 0 bridgehead atoms. The molecule has 2 saturated heterocycles. The fourth-order valence-corrected chi connectivity index (χ4v) is 5.77. The predicted molar refractivity (Wildman–Crippen MR) is 120 cm³/mol. The number of aliphatic hydroxyl groups excluding tert-OH is 1. The number of anilines is 1. The van der Waals surface area contributed by atoms with Gasteiger partial charge in [-0.25, -0.2) is 4.79 Å². The van der Waals surface area contributed by atoms with E-state index in [1.807, 2.05) is 29.2 Å². The van der Waals surface area contributed by atoms with Crippen LogP contribution >= 0.6 is 0 Å². The number of aliphatic hydroxyl groups is 1. The third-order valence-electron chi connectivity index (χ3n) is 7.85. The zero-order valence-corrected chi connectivity index (χ0v) is 18.1. The number of amides is 1. The third kappa shape index (κ3) is 2.96. The Balaban J connectivity index is 1.20. The summed E-state index contributed by atoms with van der Waals surface area (Å²) in [6.07, 6.45) is 3.79. The van der Waals surface area contributed by atoms with Crippen molar-refractivity contribution >= 4 is 17.6 Å². The Labute approximate surface area is 187 Å². The summed E-state index contributed by atoms with van der Waals surface area (Å²) < 4.78 is 5.83. The van der Waals surface area contributed by atoms with Crippen LogP contribution in [0.2, 0.25) is 0 Å². The average Bonchev–Trinajstić information content (AvgIpc) is 3.46. The maximum Gasteiger partial charge on any atom is 0.339 e. The molecule has 166 valence electrons. The summed E-state index contributed by atoms with van der Waals surface area (Å²) in [6, 6.07) is 16.0. The van der Waals surface area contributed by atoms with E-state index in [1.54, 1.807) is 0 Å². The van der Waals surface area contributed by atoms with Crippen molar-refractivity contribution < 1.29 is 19.4 Å². The predicted octanol–water partition coefficient (Wildman–Crippen LogP) is 2.98. The Bertz CT molecular complexity index is 1070. The van der Waals surface area contributed by atoms with Gasteiger partial charge in [0.25, 0.3) is 0 Å². The van der Waals surface area contributed by atoms with Crippen molar-refractivity contribution in [1.82, 2.24) is 4.90 Å². The molecule has 6 nitrogen and oxygen atoms in total. The van der Waals surface area contributed by atoms with Crippen LogP contribution in [-0.4, -0.2) is 54.2 Å². The molecule has 2 aromatic carbocycles. The highest BCUT2D eigenvalue weighted by molar-refractivity contribution is 5.96. The van der Waals surface area contributed by atoms with E-state index in [-0.39, 0.29) is 18.0 Å². The smallest absolute Gasteiger partial charge is 0.339 e. The van der Waals surface area contributed by atoms with E-state index in [1.165, 1.54) is 0 Å². The molecule has 1 N–H and O–H groups in total. The van der Waals surface area contributed by atoms with Crippen molar-refractivity contribution in [1.29, 1.82) is 0 Å². The minimum atomic E-state index is -0.692. The highest BCUT2D eigenvalue weighted by Gasteiger charge is 2.57. The Morgan fingerprint density at radius 2 is 1.69 bits per heavy atom. The highest BCUT2D eigenvalue weighted by atomic mass is 16.6. The number of esters is 1. The number of carbonyl (C=O) groups excluding carboxylic acids is 2. The van der Waals surface area contributed by atoms with Gasteiger partial charge in [0.1, 0.15) is 0 Å². The molecule has 1 saturated carbocycles. The van der Waals surface area contributed by atoms with Crippen LogP contribution in [0, 0.1) is 0 Å². The fraction of sp³-hybridized carbons (Fsp3) is 0.462. The minimum absolute atomic E-state index is 0.156. The lowest BCUT2D eigenvalue weighted by Gasteiger charge is -2.32. The molecule has 1 spiro atoms. The van der Waals surface area contributed by atoms with E-state index < -0.39 is 11.0 Å². The number of piperidine rings is 1. The van der Waals surface area contributed by atoms with Gasteiger partial charge in [-0.05, 0) is 49.4 Å². The van der Waals surface area contributed by atoms with E-state index >= 15 is 0 Å². The molecule has 32 heavy (non-hydrogen) atoms. The first-order valence-electron chi connectivity index (χ1n) is 11.7. The Hall–Kier alpha value is -2.86. The van der Waals surface area contributed by atoms with Crippen molar-refractivity contribution in [3.05, 3.63) is 65.2 Å². The summed E-state index contributed by atoms with van der Waals surface area (Å²) in [7, 11) is 0. The molecular weight excluding hydrogens is 404 g/mol. The summed E-state index contributed by atoms with van der Waals surface area (Å²) >= 11 is 0. The first kappa shape index (κ1) is 19.8. The van der Waals surface area contributed by atoms with E-state index in [0.29, 0.717) is 25.1 Å². The van der Waals surface area contributed by atoms with Crippen LogP contribution < -0.4 is 4.90 Å². The van der Waals surface area contributed by atoms with Gasteiger partial charge in [-0.1, -0.05) is 30.3 Å². The zero-order valence-electron chi connectivity index (χ0n) is 18.1. The van der Waals surface area contributed by atoms with Crippen molar-refractivity contribution in [3.8, 4) is 0 Å². The molecule has 4 aliphatic rings. The summed E-state index contributed by atoms with van der Waals surface area (Å²) in [5.41, 5.74) is 2.64. The van der Waals surface area contributed by atoms with Crippen LogP contribution in [0.4, 0.5) is 5.69 Å². The quantitative estimate of drug-likeness (QED) is 0.756. The highest BCUT2D eigenvalue weighted by Crippen LogP contribution is 2.52. The molecule has 1 unspecified atom stereocenters. The van der Waals surface area contributed by atoms with Crippen LogP contribution in [-0.2, 0) is 20.5 Å². The van der Waals surface area contributed by atoms with E-state index in [0.717, 1.165) is 55.6 Å². The molecule has 6 heteroatoms. The van der Waals surface area contributed by atoms with E-state index in [9.17, 15) is 14.7 Å². The number of ether oxygens (including phenoxy) is 1. The van der Waals surface area contributed by atoms with Crippen LogP contribution in [0.5, 0.6) is 0 Å². The fourth-order valence-electron chi connectivity index (χ4n) is 5.77. The van der Waals surface area contributed by atoms with Crippen molar-refractivity contribution in [2.24, 2.45) is 0 Å². The monoisotopic (exact) mass is 432 g/mol. The van der Waals surface area contributed by atoms with E-state index in [2.05, 4.69) is 29.2 Å². The van der Waals surface area contributed by atoms with Crippen LogP contribution in [0.3, 0.4) is 0 Å². The first-order valence-corrected chi connectivity index (χ1v) is 11.7. The van der Waals surface area contributed by atoms with Crippen LogP contribution in [0.25, 0.3) is 0 Å². The van der Waals surface area contributed by atoms with Gasteiger partial charge in [-0.2, -0.15) is 0 Å². The molecule has 2 aromatic rings. The maximum atomic E-state index is 13.6. The Kier molecular flexibility index (Phi) is 4.37. The summed E-state index contributed by atoms with van der Waals surface area (Å²) in [6.45, 7) is 2.77. The second kappa shape index (κ2) is 7.07. The van der Waals surface area contributed by atoms with Crippen LogP contribution in [0.15, 0.2) is 48.5 Å². The lowest BCUT2D eigenvalue weighted by atomic mass is 9.91. The van der Waals surface area contributed by atoms with Crippen molar-refractivity contribution in [2.45, 2.75) is 49.2 Å². The third-order valence-corrected chi connectivity index (χ3v) is 7.85. The summed E-state index contributed by atoms with van der Waals surface area (Å²) in [4.78, 5) is 30.2. The average molecular weight is 433 g/mol. The molecular formula is C26H28N2O4. The number of hydrogen-bond acceptors (Lipinski definition) is 5. The Morgan fingerprint density at radius 3 is 2.41 bits per heavy atom. The van der Waals surface area contributed by atoms with Crippen molar-refractivity contribution in [3.63, 3.8) is 0 Å². The number of benzene rings is 2. The van der Waals surface area contributed by atoms with Gasteiger partial charge in [-0.15, -0.1) is 0 Å². The topological polar surface area (TPSA) is 70.1 Å². The van der Waals surface area contributed by atoms with Gasteiger partial charge in [0.15, 0.2) is 5.60 Å². The molecule has 6 rings (SSSR count). The molecule has 1 amide bonds. The second-order valence-electron chi connectivity index (χ2n) is 9.75. The lowest BCUT2D eigenvalue weighted by molar-refractivity contribution is -0.134. The number of likely N-dealkylation sites (tertiary alicyclic amines) is 1. The second-order valence-corrected chi connectivity index (χ2v) is 9.75. The molecule has 3 aliphatic heterocycles. The van der Waals surface area contributed by atoms with Gasteiger partial charge in [-0.3, -0.25) is 4.79 Å². The molecule has 3 fully saturated rings. The summed E-state index contributed by atoms with van der Waals surface area (Å²) in [5, 5.41) is 9.75. The maximum absolute atomic E-state index is 13.6. The van der Waals surface area contributed by atoms with Gasteiger partial charge >= 0.3 is 5.97 Å². The lowest BCUT2D eigenvalue weighted by Crippen LogP contribution is -2.40. The van der Waals surface area contributed by atoms with Crippen LogP contribution in [0.1, 0.15) is 53.6 Å². The SMILES string of the molecule is O=C1OC2(CCN(C(=O)C3(c4ccc(N5CCC(O)CC5)cc4)CC3)C2)c2ccccc21. The standard InChI is InChI=1S/C26H28N2O4/c29-20-9-14-27(15-10-20)19-7-5-18(6-8-19)25(11-12-25)24(31)28-16-13-26(17-28)22-4-2-1-3-21(22)23(30)32-26/h1-8,20,29H,9-17H2. The van der Waals surface area contributed by atoms with Crippen molar-refractivity contribution in [2.75, 3.05) is 31.1 Å². The molecule has 0 aromatic heterocycles. The number of rotatable bonds is 3. The summed E-state index contributed by atoms with van der Waals surface area (Å²) in [5.74, 6) is -0.125. The Morgan fingerprint density at radius 1 is 0.969 bits per heavy atom. The molecule has 0 radical (unpaired) electrons. The zero-order chi connectivity index (χ0) is 21.9. The normalized spacial score (nSPS) is 26.3. The first-order chi connectivity index (χ1) is 15.5. The van der Waals surface area contributed by atoms with Gasteiger partial charge in [0.2, 0.25) is 5.91 Å². The van der Waals surface area contributed by atoms with E-state index in [4.69, 9.17) is 4.74 Å². The molecule has 3 heterocycles. The van der Waals surface area contributed by atoms with Gasteiger partial charge < -0.3 is 19.6 Å². The number of fused-ring (bicyclic) bond motifs is 2. The number of nitrogens with zero attached hydrogens (tertiary/aromatic N) is 2. The minimum Gasteiger partial charge on any atom is -0.449 e. The largest absolute Gasteiger partial charge is 0.449 e. The molecule has 1 atom stereocenters. The van der Waals surface area contributed by atoms with Gasteiger partial charge in [0.05, 0.1) is 23.6 Å². The number of carbonyl (C=O) groups is 2. The molecule has 1 aliphatic carbocycles. The number of hydrogen-bond donors (Lipinski definition) is 1. The van der Waals surface area contributed by atoms with Gasteiger partial charge in [0, 0.05) is 37.3 Å².